The average Bonchev–Trinajstić information content (AvgIpc) is 2.95. The molecule has 3 rings (SSSR count). The predicted molar refractivity (Wildman–Crippen MR) is 90.4 cm³/mol. The van der Waals surface area contributed by atoms with E-state index in [-0.39, 0.29) is 6.54 Å². The molecule has 0 amide bonds. The van der Waals surface area contributed by atoms with E-state index in [4.69, 9.17) is 21.1 Å². The zero-order valence-corrected chi connectivity index (χ0v) is 14.9. The highest BCUT2D eigenvalue weighted by atomic mass is 35.5. The number of thiophene rings is 1. The highest BCUT2D eigenvalue weighted by molar-refractivity contribution is 7.91. The SMILES string of the molecule is Cc1ccc(S(=O)(=O)NCCc2cc(Cl)c3c(c2)OCCO3)s1. The molecule has 1 aromatic heterocycles. The third kappa shape index (κ3) is 3.80. The first-order valence-electron chi connectivity index (χ1n) is 7.10. The summed E-state index contributed by atoms with van der Waals surface area (Å²) in [5, 5.41) is 0.480. The van der Waals surface area contributed by atoms with Crippen LogP contribution in [0.2, 0.25) is 5.02 Å². The Hall–Kier alpha value is -1.28. The molecule has 0 bridgehead atoms. The van der Waals surface area contributed by atoms with Crippen LogP contribution in [-0.4, -0.2) is 28.2 Å². The van der Waals surface area contributed by atoms with Gasteiger partial charge in [0.15, 0.2) is 11.5 Å². The van der Waals surface area contributed by atoms with Crippen molar-refractivity contribution in [3.63, 3.8) is 0 Å². The van der Waals surface area contributed by atoms with E-state index < -0.39 is 10.0 Å². The molecule has 1 aromatic carbocycles. The second-order valence-corrected chi connectivity index (χ2v) is 8.80. The Morgan fingerprint density at radius 2 is 2.04 bits per heavy atom. The molecule has 124 valence electrons. The maximum absolute atomic E-state index is 12.2. The maximum Gasteiger partial charge on any atom is 0.250 e. The monoisotopic (exact) mass is 373 g/mol. The number of ether oxygens (including phenoxy) is 2. The number of hydrogen-bond donors (Lipinski definition) is 1. The smallest absolute Gasteiger partial charge is 0.250 e. The van der Waals surface area contributed by atoms with Crippen LogP contribution in [-0.2, 0) is 16.4 Å². The van der Waals surface area contributed by atoms with Gasteiger partial charge in [0.05, 0.1) is 5.02 Å². The van der Waals surface area contributed by atoms with Crippen LogP contribution in [0.15, 0.2) is 28.5 Å². The van der Waals surface area contributed by atoms with E-state index in [2.05, 4.69) is 4.72 Å². The number of halogens is 1. The lowest BCUT2D eigenvalue weighted by Gasteiger charge is -2.20. The van der Waals surface area contributed by atoms with E-state index in [0.29, 0.717) is 40.4 Å². The fraction of sp³-hybridized carbons (Fsp3) is 0.333. The van der Waals surface area contributed by atoms with Crippen molar-refractivity contribution in [3.05, 3.63) is 39.7 Å². The molecule has 0 atom stereocenters. The molecule has 0 spiro atoms. The Balaban J connectivity index is 1.66. The number of nitrogens with one attached hydrogen (secondary N) is 1. The minimum atomic E-state index is -3.46. The summed E-state index contributed by atoms with van der Waals surface area (Å²) < 4.78 is 38.2. The number of fused-ring (bicyclic) bond motifs is 1. The van der Waals surface area contributed by atoms with Crippen LogP contribution < -0.4 is 14.2 Å². The molecule has 8 heteroatoms. The molecule has 0 unspecified atom stereocenters. The molecule has 0 saturated heterocycles. The number of aryl methyl sites for hydroxylation is 1. The Morgan fingerprint density at radius 1 is 1.26 bits per heavy atom. The predicted octanol–water partition coefficient (Wildman–Crippen LogP) is 3.00. The first-order chi connectivity index (χ1) is 11.0. The average molecular weight is 374 g/mol. The van der Waals surface area contributed by atoms with Gasteiger partial charge < -0.3 is 9.47 Å². The molecular weight excluding hydrogens is 358 g/mol. The molecule has 23 heavy (non-hydrogen) atoms. The summed E-state index contributed by atoms with van der Waals surface area (Å²) in [4.78, 5) is 0.962. The standard InChI is InChI=1S/C15H16ClNO4S2/c1-10-2-3-14(22-10)23(18,19)17-5-4-11-8-12(16)15-13(9-11)20-6-7-21-15/h2-3,8-9,17H,4-7H2,1H3. The summed E-state index contributed by atoms with van der Waals surface area (Å²) in [5.41, 5.74) is 0.893. The van der Waals surface area contributed by atoms with Gasteiger partial charge in [-0.25, -0.2) is 13.1 Å². The van der Waals surface area contributed by atoms with Crippen LogP contribution in [0.3, 0.4) is 0 Å². The fourth-order valence-corrected chi connectivity index (χ4v) is 4.91. The van der Waals surface area contributed by atoms with Gasteiger partial charge in [-0.05, 0) is 43.2 Å². The summed E-state index contributed by atoms with van der Waals surface area (Å²) in [6.07, 6.45) is 0.514. The van der Waals surface area contributed by atoms with Crippen molar-refractivity contribution in [2.24, 2.45) is 0 Å². The Labute approximate surface area is 144 Å². The van der Waals surface area contributed by atoms with Gasteiger partial charge in [-0.1, -0.05) is 11.6 Å². The molecule has 0 saturated carbocycles. The van der Waals surface area contributed by atoms with Crippen molar-refractivity contribution in [2.75, 3.05) is 19.8 Å². The Kier molecular flexibility index (Phi) is 4.82. The lowest BCUT2D eigenvalue weighted by molar-refractivity contribution is 0.171. The van der Waals surface area contributed by atoms with E-state index in [1.54, 1.807) is 18.2 Å². The van der Waals surface area contributed by atoms with E-state index in [9.17, 15) is 8.42 Å². The van der Waals surface area contributed by atoms with Gasteiger partial charge in [0.2, 0.25) is 10.0 Å². The molecule has 2 aromatic rings. The molecule has 1 N–H and O–H groups in total. The quantitative estimate of drug-likeness (QED) is 0.875. The van der Waals surface area contributed by atoms with Gasteiger partial charge in [0.1, 0.15) is 17.4 Å². The van der Waals surface area contributed by atoms with Gasteiger partial charge in [0, 0.05) is 11.4 Å². The van der Waals surface area contributed by atoms with Crippen LogP contribution in [0.4, 0.5) is 0 Å². The molecule has 1 aliphatic heterocycles. The summed E-state index contributed by atoms with van der Waals surface area (Å²) in [7, 11) is -3.46. The Bertz CT molecular complexity index is 817. The molecule has 1 aliphatic rings. The third-order valence-electron chi connectivity index (χ3n) is 3.34. The minimum absolute atomic E-state index is 0.287. The van der Waals surface area contributed by atoms with Crippen molar-refractivity contribution in [3.8, 4) is 11.5 Å². The normalized spacial score (nSPS) is 14.0. The highest BCUT2D eigenvalue weighted by Gasteiger charge is 2.18. The van der Waals surface area contributed by atoms with Crippen LogP contribution >= 0.6 is 22.9 Å². The van der Waals surface area contributed by atoms with Crippen LogP contribution in [0, 0.1) is 6.92 Å². The first kappa shape index (κ1) is 16.6. The summed E-state index contributed by atoms with van der Waals surface area (Å²) >= 11 is 7.43. The lowest BCUT2D eigenvalue weighted by Crippen LogP contribution is -2.25. The summed E-state index contributed by atoms with van der Waals surface area (Å²) in [6.45, 7) is 3.12. The van der Waals surface area contributed by atoms with E-state index in [1.165, 1.54) is 11.3 Å². The van der Waals surface area contributed by atoms with E-state index in [0.717, 1.165) is 10.4 Å². The molecule has 0 fully saturated rings. The number of hydrogen-bond acceptors (Lipinski definition) is 5. The largest absolute Gasteiger partial charge is 0.486 e. The van der Waals surface area contributed by atoms with E-state index in [1.807, 2.05) is 13.0 Å². The van der Waals surface area contributed by atoms with Gasteiger partial charge in [0.25, 0.3) is 0 Å². The first-order valence-corrected chi connectivity index (χ1v) is 9.77. The van der Waals surface area contributed by atoms with Crippen molar-refractivity contribution in [1.82, 2.24) is 4.72 Å². The van der Waals surface area contributed by atoms with Gasteiger partial charge in [-0.3, -0.25) is 0 Å². The summed E-state index contributed by atoms with van der Waals surface area (Å²) in [6, 6.07) is 7.02. The molecule has 2 heterocycles. The van der Waals surface area contributed by atoms with Crippen molar-refractivity contribution < 1.29 is 17.9 Å². The van der Waals surface area contributed by atoms with Crippen molar-refractivity contribution >= 4 is 33.0 Å². The molecule has 0 aliphatic carbocycles. The number of sulfonamides is 1. The van der Waals surface area contributed by atoms with Crippen molar-refractivity contribution in [1.29, 1.82) is 0 Å². The maximum atomic E-state index is 12.2. The van der Waals surface area contributed by atoms with Crippen molar-refractivity contribution in [2.45, 2.75) is 17.6 Å². The van der Waals surface area contributed by atoms with Gasteiger partial charge >= 0.3 is 0 Å². The third-order valence-corrected chi connectivity index (χ3v) is 6.58. The Morgan fingerprint density at radius 3 is 2.78 bits per heavy atom. The topological polar surface area (TPSA) is 64.6 Å². The second kappa shape index (κ2) is 6.68. The zero-order valence-electron chi connectivity index (χ0n) is 12.5. The molecular formula is C15H16ClNO4S2. The van der Waals surface area contributed by atoms with Gasteiger partial charge in [-0.15, -0.1) is 11.3 Å². The lowest BCUT2D eigenvalue weighted by atomic mass is 10.1. The number of benzene rings is 1. The summed E-state index contributed by atoms with van der Waals surface area (Å²) in [5.74, 6) is 1.16. The zero-order chi connectivity index (χ0) is 16.4. The van der Waals surface area contributed by atoms with Crippen LogP contribution in [0.1, 0.15) is 10.4 Å². The molecule has 0 radical (unpaired) electrons. The number of rotatable bonds is 5. The minimum Gasteiger partial charge on any atom is -0.486 e. The van der Waals surface area contributed by atoms with E-state index >= 15 is 0 Å². The fourth-order valence-electron chi connectivity index (χ4n) is 2.27. The highest BCUT2D eigenvalue weighted by Crippen LogP contribution is 2.38. The van der Waals surface area contributed by atoms with Crippen LogP contribution in [0.25, 0.3) is 0 Å². The van der Waals surface area contributed by atoms with Crippen LogP contribution in [0.5, 0.6) is 11.5 Å². The molecule has 5 nitrogen and oxygen atoms in total. The second-order valence-electron chi connectivity index (χ2n) is 5.11. The van der Waals surface area contributed by atoms with Gasteiger partial charge in [-0.2, -0.15) is 0 Å².